The minimum Gasteiger partial charge on any atom is -0.323 e. The fraction of sp³-hybridized carbons (Fsp3) is 0.545. The van der Waals surface area contributed by atoms with Gasteiger partial charge in [0.1, 0.15) is 0 Å². The van der Waals surface area contributed by atoms with E-state index < -0.39 is 0 Å². The summed E-state index contributed by atoms with van der Waals surface area (Å²) in [4.78, 5) is 4.40. The van der Waals surface area contributed by atoms with Gasteiger partial charge in [0.2, 0.25) is 0 Å². The Kier molecular flexibility index (Phi) is 5.73. The van der Waals surface area contributed by atoms with Crippen LogP contribution in [0.2, 0.25) is 0 Å². The second kappa shape index (κ2) is 5.99. The number of nitrogens with zero attached hydrogens (tertiary/aromatic N) is 1. The maximum Gasteiger partial charge on any atom is 0.0574 e. The highest BCUT2D eigenvalue weighted by Gasteiger charge is 2.08. The van der Waals surface area contributed by atoms with Gasteiger partial charge in [0.25, 0.3) is 0 Å². The van der Waals surface area contributed by atoms with Gasteiger partial charge < -0.3 is 5.73 Å². The second-order valence-corrected chi connectivity index (χ2v) is 3.94. The minimum absolute atomic E-state index is 0. The van der Waals surface area contributed by atoms with E-state index in [-0.39, 0.29) is 18.4 Å². The van der Waals surface area contributed by atoms with Gasteiger partial charge >= 0.3 is 0 Å². The van der Waals surface area contributed by atoms with Crippen molar-refractivity contribution in [3.63, 3.8) is 0 Å². The number of pyridine rings is 1. The largest absolute Gasteiger partial charge is 0.323 e. The lowest BCUT2D eigenvalue weighted by atomic mass is 10.0. The van der Waals surface area contributed by atoms with Crippen molar-refractivity contribution in [1.82, 2.24) is 4.98 Å². The molecule has 1 rings (SSSR count). The maximum absolute atomic E-state index is 6.00. The van der Waals surface area contributed by atoms with E-state index in [4.69, 9.17) is 5.73 Å². The molecule has 1 aromatic heterocycles. The molecule has 0 aliphatic carbocycles. The molecule has 14 heavy (non-hydrogen) atoms. The molecule has 3 heteroatoms. The van der Waals surface area contributed by atoms with Gasteiger partial charge in [-0.15, -0.1) is 12.4 Å². The maximum atomic E-state index is 6.00. The van der Waals surface area contributed by atoms with Crippen LogP contribution in [0.1, 0.15) is 37.7 Å². The number of aryl methyl sites for hydroxylation is 1. The molecule has 80 valence electrons. The zero-order valence-corrected chi connectivity index (χ0v) is 9.84. The van der Waals surface area contributed by atoms with Crippen molar-refractivity contribution in [1.29, 1.82) is 0 Å². The molecular weight excluding hydrogens is 196 g/mol. The lowest BCUT2D eigenvalue weighted by molar-refractivity contribution is 0.501. The van der Waals surface area contributed by atoms with Crippen molar-refractivity contribution in [3.05, 3.63) is 29.6 Å². The van der Waals surface area contributed by atoms with E-state index >= 15 is 0 Å². The fourth-order valence-corrected chi connectivity index (χ4v) is 1.40. The van der Waals surface area contributed by atoms with E-state index in [1.54, 1.807) is 0 Å². The quantitative estimate of drug-likeness (QED) is 0.841. The summed E-state index contributed by atoms with van der Waals surface area (Å²) in [5, 5.41) is 0. The molecule has 0 fully saturated rings. The zero-order chi connectivity index (χ0) is 9.84. The normalized spacial score (nSPS) is 12.4. The summed E-state index contributed by atoms with van der Waals surface area (Å²) >= 11 is 0. The number of hydrogen-bond donors (Lipinski definition) is 1. The van der Waals surface area contributed by atoms with Gasteiger partial charge in [-0.1, -0.05) is 19.9 Å². The Morgan fingerprint density at radius 3 is 2.50 bits per heavy atom. The smallest absolute Gasteiger partial charge is 0.0574 e. The molecule has 0 aliphatic heterocycles. The molecule has 0 aromatic carbocycles. The summed E-state index contributed by atoms with van der Waals surface area (Å²) in [6.07, 6.45) is 0.996. The van der Waals surface area contributed by atoms with Crippen LogP contribution >= 0.6 is 12.4 Å². The number of aromatic nitrogens is 1. The van der Waals surface area contributed by atoms with Crippen molar-refractivity contribution in [2.45, 2.75) is 33.2 Å². The Hall–Kier alpha value is -0.600. The van der Waals surface area contributed by atoms with Crippen molar-refractivity contribution >= 4 is 12.4 Å². The van der Waals surface area contributed by atoms with Gasteiger partial charge in [0, 0.05) is 11.7 Å². The molecule has 0 saturated heterocycles. The van der Waals surface area contributed by atoms with Gasteiger partial charge in [-0.2, -0.15) is 0 Å². The zero-order valence-electron chi connectivity index (χ0n) is 9.03. The third-order valence-electron chi connectivity index (χ3n) is 2.02. The van der Waals surface area contributed by atoms with E-state index in [0.717, 1.165) is 17.8 Å². The molecule has 2 N–H and O–H groups in total. The first-order chi connectivity index (χ1) is 6.09. The van der Waals surface area contributed by atoms with E-state index in [1.165, 1.54) is 0 Å². The molecule has 0 amide bonds. The van der Waals surface area contributed by atoms with E-state index in [9.17, 15) is 0 Å². The third kappa shape index (κ3) is 4.07. The van der Waals surface area contributed by atoms with Crippen LogP contribution in [0.3, 0.4) is 0 Å². The van der Waals surface area contributed by atoms with E-state index in [0.29, 0.717) is 5.92 Å². The number of rotatable bonds is 3. The summed E-state index contributed by atoms with van der Waals surface area (Å²) in [5.74, 6) is 0.623. The lowest BCUT2D eigenvalue weighted by Crippen LogP contribution is -2.14. The predicted molar refractivity (Wildman–Crippen MR) is 62.6 cm³/mol. The Bertz CT molecular complexity index is 274. The van der Waals surface area contributed by atoms with Crippen molar-refractivity contribution in [2.24, 2.45) is 11.7 Å². The lowest BCUT2D eigenvalue weighted by Gasteiger charge is -2.13. The molecule has 1 aromatic rings. The van der Waals surface area contributed by atoms with Crippen LogP contribution in [0.5, 0.6) is 0 Å². The van der Waals surface area contributed by atoms with Crippen LogP contribution in [0.15, 0.2) is 18.2 Å². The van der Waals surface area contributed by atoms with Gasteiger partial charge in [-0.25, -0.2) is 0 Å². The molecular formula is C11H19ClN2. The minimum atomic E-state index is 0. The van der Waals surface area contributed by atoms with Gasteiger partial charge in [-0.05, 0) is 31.4 Å². The van der Waals surface area contributed by atoms with Crippen LogP contribution in [0.4, 0.5) is 0 Å². The van der Waals surface area contributed by atoms with E-state index in [1.807, 2.05) is 25.1 Å². The molecule has 1 heterocycles. The molecule has 1 atom stereocenters. The van der Waals surface area contributed by atoms with Crippen LogP contribution in [0.25, 0.3) is 0 Å². The molecule has 0 saturated carbocycles. The Balaban J connectivity index is 0.00000169. The van der Waals surface area contributed by atoms with Crippen LogP contribution < -0.4 is 5.73 Å². The molecule has 0 radical (unpaired) electrons. The van der Waals surface area contributed by atoms with Crippen molar-refractivity contribution in [2.75, 3.05) is 0 Å². The summed E-state index contributed by atoms with van der Waals surface area (Å²) in [7, 11) is 0. The number of hydrogen-bond acceptors (Lipinski definition) is 2. The number of halogens is 1. The van der Waals surface area contributed by atoms with Crippen molar-refractivity contribution < 1.29 is 0 Å². The average molecular weight is 215 g/mol. The SMILES string of the molecule is Cc1cccc(C(N)CC(C)C)n1.Cl. The molecule has 1 unspecified atom stereocenters. The first-order valence-corrected chi connectivity index (χ1v) is 4.78. The monoisotopic (exact) mass is 214 g/mol. The predicted octanol–water partition coefficient (Wildman–Crippen LogP) is 2.86. The first-order valence-electron chi connectivity index (χ1n) is 4.78. The summed E-state index contributed by atoms with van der Waals surface area (Å²) in [6, 6.07) is 6.09. The second-order valence-electron chi connectivity index (χ2n) is 3.94. The Morgan fingerprint density at radius 2 is 2.00 bits per heavy atom. The van der Waals surface area contributed by atoms with Gasteiger partial charge in [0.15, 0.2) is 0 Å². The standard InChI is InChI=1S/C11H18N2.ClH/c1-8(2)7-10(12)11-6-4-5-9(3)13-11;/h4-6,8,10H,7,12H2,1-3H3;1H. The summed E-state index contributed by atoms with van der Waals surface area (Å²) < 4.78 is 0. The van der Waals surface area contributed by atoms with Gasteiger partial charge in [0.05, 0.1) is 5.69 Å². The van der Waals surface area contributed by atoms with Gasteiger partial charge in [-0.3, -0.25) is 4.98 Å². The highest BCUT2D eigenvalue weighted by atomic mass is 35.5. The van der Waals surface area contributed by atoms with E-state index in [2.05, 4.69) is 18.8 Å². The highest BCUT2D eigenvalue weighted by molar-refractivity contribution is 5.85. The molecule has 0 spiro atoms. The van der Waals surface area contributed by atoms with Crippen LogP contribution in [-0.4, -0.2) is 4.98 Å². The number of nitrogens with two attached hydrogens (primary N) is 1. The highest BCUT2D eigenvalue weighted by Crippen LogP contribution is 2.16. The topological polar surface area (TPSA) is 38.9 Å². The Morgan fingerprint density at radius 1 is 1.36 bits per heavy atom. The first kappa shape index (κ1) is 13.4. The Labute approximate surface area is 92.3 Å². The average Bonchev–Trinajstić information content (AvgIpc) is 2.03. The molecule has 0 aliphatic rings. The fourth-order valence-electron chi connectivity index (χ4n) is 1.40. The third-order valence-corrected chi connectivity index (χ3v) is 2.02. The molecule has 2 nitrogen and oxygen atoms in total. The van der Waals surface area contributed by atoms with Crippen LogP contribution in [-0.2, 0) is 0 Å². The summed E-state index contributed by atoms with van der Waals surface area (Å²) in [6.45, 7) is 6.34. The van der Waals surface area contributed by atoms with Crippen molar-refractivity contribution in [3.8, 4) is 0 Å². The van der Waals surface area contributed by atoms with Crippen LogP contribution in [0, 0.1) is 12.8 Å². The summed E-state index contributed by atoms with van der Waals surface area (Å²) in [5.41, 5.74) is 8.05. The molecule has 0 bridgehead atoms.